The number of hydrogen-bond acceptors (Lipinski definition) is 2. The summed E-state index contributed by atoms with van der Waals surface area (Å²) in [6.07, 6.45) is 5.82. The second-order valence-electron chi connectivity index (χ2n) is 7.65. The van der Waals surface area contributed by atoms with Crippen LogP contribution in [0, 0.1) is 16.7 Å². The van der Waals surface area contributed by atoms with Crippen LogP contribution < -0.4 is 0 Å². The van der Waals surface area contributed by atoms with Crippen molar-refractivity contribution in [3.05, 3.63) is 0 Å². The lowest BCUT2D eigenvalue weighted by Gasteiger charge is -2.39. The van der Waals surface area contributed by atoms with E-state index >= 15 is 0 Å². The first kappa shape index (κ1) is 13.4. The van der Waals surface area contributed by atoms with Crippen LogP contribution in [0.4, 0.5) is 0 Å². The fourth-order valence-corrected chi connectivity index (χ4v) is 4.63. The number of amides is 1. The third-order valence-corrected chi connectivity index (χ3v) is 6.76. The molecule has 0 N–H and O–H groups in total. The largest absolute Gasteiger partial charge is 0.357 e. The third kappa shape index (κ3) is 1.77. The van der Waals surface area contributed by atoms with Crippen molar-refractivity contribution in [3.8, 4) is 0 Å². The van der Waals surface area contributed by atoms with Gasteiger partial charge < -0.3 is 9.64 Å². The molecule has 2 aliphatic carbocycles. The second-order valence-corrected chi connectivity index (χ2v) is 7.65. The maximum absolute atomic E-state index is 11.8. The number of hydrogen-bond donors (Lipinski definition) is 0. The maximum atomic E-state index is 11.8. The number of nitrogens with zero attached hydrogens (tertiary/aromatic N) is 1. The van der Waals surface area contributed by atoms with Gasteiger partial charge in [0, 0.05) is 12.5 Å². The zero-order valence-electron chi connectivity index (χ0n) is 12.7. The lowest BCUT2D eigenvalue weighted by molar-refractivity contribution is -0.141. The number of rotatable bonds is 3. The fourth-order valence-electron chi connectivity index (χ4n) is 4.63. The first-order chi connectivity index (χ1) is 8.86. The van der Waals surface area contributed by atoms with Crippen LogP contribution in [0.5, 0.6) is 0 Å². The summed E-state index contributed by atoms with van der Waals surface area (Å²) in [5.41, 5.74) is 0.683. The van der Waals surface area contributed by atoms with E-state index in [0.29, 0.717) is 36.1 Å². The van der Waals surface area contributed by atoms with Crippen molar-refractivity contribution in [2.24, 2.45) is 16.7 Å². The minimum Gasteiger partial charge on any atom is -0.357 e. The van der Waals surface area contributed by atoms with Gasteiger partial charge >= 0.3 is 0 Å². The van der Waals surface area contributed by atoms with Crippen molar-refractivity contribution in [2.45, 2.75) is 71.9 Å². The lowest BCUT2D eigenvalue weighted by atomic mass is 9.70. The van der Waals surface area contributed by atoms with Crippen LogP contribution in [-0.4, -0.2) is 29.7 Å². The summed E-state index contributed by atoms with van der Waals surface area (Å²) < 4.78 is 6.21. The molecule has 2 bridgehead atoms. The molecule has 0 aromatic carbocycles. The molecule has 0 spiro atoms. The van der Waals surface area contributed by atoms with Crippen molar-refractivity contribution in [1.29, 1.82) is 0 Å². The van der Waals surface area contributed by atoms with Gasteiger partial charge in [-0.05, 0) is 49.4 Å². The molecule has 4 atom stereocenters. The molecule has 1 heterocycles. The summed E-state index contributed by atoms with van der Waals surface area (Å²) in [4.78, 5) is 13.7. The minimum atomic E-state index is 0.264. The van der Waals surface area contributed by atoms with Gasteiger partial charge in [-0.25, -0.2) is 0 Å². The summed E-state index contributed by atoms with van der Waals surface area (Å²) in [7, 11) is 0. The summed E-state index contributed by atoms with van der Waals surface area (Å²) in [6, 6.07) is 0.354. The van der Waals surface area contributed by atoms with E-state index in [1.807, 2.05) is 4.90 Å². The van der Waals surface area contributed by atoms with Crippen LogP contribution in [0.2, 0.25) is 0 Å². The number of carbonyl (C=O) groups excluding carboxylic acids is 1. The molecule has 3 rings (SSSR count). The van der Waals surface area contributed by atoms with E-state index in [1.54, 1.807) is 0 Å². The average Bonchev–Trinajstić information content (AvgIpc) is 2.84. The zero-order chi connectivity index (χ0) is 13.8. The van der Waals surface area contributed by atoms with E-state index in [1.165, 1.54) is 19.3 Å². The monoisotopic (exact) mass is 265 g/mol. The van der Waals surface area contributed by atoms with E-state index in [4.69, 9.17) is 4.74 Å². The van der Waals surface area contributed by atoms with Gasteiger partial charge in [-0.15, -0.1) is 0 Å². The van der Waals surface area contributed by atoms with Crippen LogP contribution in [0.25, 0.3) is 0 Å². The molecule has 0 aromatic heterocycles. The van der Waals surface area contributed by atoms with Gasteiger partial charge in [-0.3, -0.25) is 4.79 Å². The highest BCUT2D eigenvalue weighted by Crippen LogP contribution is 2.66. The minimum absolute atomic E-state index is 0.264. The number of likely N-dealkylation sites (tertiary alicyclic amines) is 1. The average molecular weight is 265 g/mol. The smallest absolute Gasteiger partial charge is 0.224 e. The maximum Gasteiger partial charge on any atom is 0.224 e. The Morgan fingerprint density at radius 3 is 2.53 bits per heavy atom. The van der Waals surface area contributed by atoms with Crippen LogP contribution in [-0.2, 0) is 9.53 Å². The zero-order valence-corrected chi connectivity index (χ0v) is 12.7. The number of fused-ring (bicyclic) bond motifs is 2. The van der Waals surface area contributed by atoms with Gasteiger partial charge in [0.1, 0.15) is 6.73 Å². The van der Waals surface area contributed by atoms with E-state index in [-0.39, 0.29) is 5.91 Å². The van der Waals surface area contributed by atoms with Crippen molar-refractivity contribution < 1.29 is 9.53 Å². The Bertz CT molecular complexity index is 392. The van der Waals surface area contributed by atoms with Crippen LogP contribution in [0.1, 0.15) is 59.8 Å². The Labute approximate surface area is 116 Å². The highest BCUT2D eigenvalue weighted by molar-refractivity contribution is 5.78. The first-order valence-corrected chi connectivity index (χ1v) is 7.77. The highest BCUT2D eigenvalue weighted by Gasteiger charge is 2.62. The molecule has 108 valence electrons. The summed E-state index contributed by atoms with van der Waals surface area (Å²) >= 11 is 0. The van der Waals surface area contributed by atoms with Crippen molar-refractivity contribution >= 4 is 5.91 Å². The quantitative estimate of drug-likeness (QED) is 0.784. The Hall–Kier alpha value is -0.570. The molecular weight excluding hydrogens is 238 g/mol. The molecule has 2 saturated carbocycles. The summed E-state index contributed by atoms with van der Waals surface area (Å²) in [6.45, 7) is 9.82. The Balaban J connectivity index is 1.65. The third-order valence-electron chi connectivity index (χ3n) is 6.76. The van der Waals surface area contributed by atoms with E-state index in [2.05, 4.69) is 27.7 Å². The van der Waals surface area contributed by atoms with Crippen molar-refractivity contribution in [2.75, 3.05) is 6.73 Å². The normalized spacial score (nSPS) is 44.3. The Morgan fingerprint density at radius 1 is 1.32 bits per heavy atom. The Kier molecular flexibility index (Phi) is 2.97. The summed E-state index contributed by atoms with van der Waals surface area (Å²) in [5.74, 6) is 1.06. The van der Waals surface area contributed by atoms with Gasteiger partial charge in [0.05, 0.1) is 6.10 Å². The predicted molar refractivity (Wildman–Crippen MR) is 74.5 cm³/mol. The number of carbonyl (C=O) groups is 1. The molecular formula is C16H27NO2. The van der Waals surface area contributed by atoms with E-state index in [0.717, 1.165) is 12.3 Å². The van der Waals surface area contributed by atoms with Crippen LogP contribution in [0.15, 0.2) is 0 Å². The van der Waals surface area contributed by atoms with Crippen molar-refractivity contribution in [1.82, 2.24) is 4.90 Å². The second kappa shape index (κ2) is 4.21. The lowest BCUT2D eigenvalue weighted by Crippen LogP contribution is -2.41. The van der Waals surface area contributed by atoms with Gasteiger partial charge in [-0.1, -0.05) is 20.8 Å². The molecule has 3 aliphatic rings. The van der Waals surface area contributed by atoms with Gasteiger partial charge in [0.2, 0.25) is 5.91 Å². The van der Waals surface area contributed by atoms with Crippen LogP contribution >= 0.6 is 0 Å². The van der Waals surface area contributed by atoms with Crippen LogP contribution in [0.3, 0.4) is 0 Å². The number of ether oxygens (including phenoxy) is 1. The van der Waals surface area contributed by atoms with E-state index < -0.39 is 0 Å². The summed E-state index contributed by atoms with van der Waals surface area (Å²) in [5, 5.41) is 0. The standard InChI is InChI=1S/C16H27NO2/c1-11-5-6-14(18)17(11)10-19-13-9-12-7-8-16(13,4)15(12,2)3/h11-13H,5-10H2,1-4H3/t11-,12-,13-,16+/m1/s1. The fraction of sp³-hybridized carbons (Fsp3) is 0.938. The molecule has 19 heavy (non-hydrogen) atoms. The molecule has 1 saturated heterocycles. The molecule has 3 fully saturated rings. The molecule has 1 amide bonds. The topological polar surface area (TPSA) is 29.5 Å². The SMILES string of the molecule is C[C@@H]1CCC(=O)N1CO[C@@H]1C[C@H]2CC[C@]1(C)C2(C)C. The Morgan fingerprint density at radius 2 is 2.05 bits per heavy atom. The first-order valence-electron chi connectivity index (χ1n) is 7.77. The molecule has 1 aliphatic heterocycles. The molecule has 0 aromatic rings. The molecule has 3 heteroatoms. The highest BCUT2D eigenvalue weighted by atomic mass is 16.5. The predicted octanol–water partition coefficient (Wildman–Crippen LogP) is 3.19. The van der Waals surface area contributed by atoms with Gasteiger partial charge in [0.25, 0.3) is 0 Å². The molecule has 3 nitrogen and oxygen atoms in total. The van der Waals surface area contributed by atoms with E-state index in [9.17, 15) is 4.79 Å². The van der Waals surface area contributed by atoms with Gasteiger partial charge in [-0.2, -0.15) is 0 Å². The molecule has 0 unspecified atom stereocenters. The van der Waals surface area contributed by atoms with Gasteiger partial charge in [0.15, 0.2) is 0 Å². The molecule has 0 radical (unpaired) electrons. The van der Waals surface area contributed by atoms with Crippen molar-refractivity contribution in [3.63, 3.8) is 0 Å².